The normalized spacial score (nSPS) is 13.0. The predicted molar refractivity (Wildman–Crippen MR) is 47.5 cm³/mol. The molecule has 0 N–H and O–H groups in total. The van der Waals surface area contributed by atoms with Crippen molar-refractivity contribution < 1.29 is 0 Å². The molecule has 0 amide bonds. The molecule has 58 valence electrons. The predicted octanol–water partition coefficient (Wildman–Crippen LogP) is 3.41. The van der Waals surface area contributed by atoms with Gasteiger partial charge in [0.2, 0.25) is 0 Å². The molecule has 0 rings (SSSR count). The molecule has 0 nitrogen and oxygen atoms in total. The van der Waals surface area contributed by atoms with E-state index in [1.54, 1.807) is 0 Å². The van der Waals surface area contributed by atoms with E-state index >= 15 is 0 Å². The van der Waals surface area contributed by atoms with Gasteiger partial charge in [-0.3, -0.25) is 0 Å². The zero-order valence-electron chi connectivity index (χ0n) is 6.97. The molecule has 1 atom stereocenters. The van der Waals surface area contributed by atoms with Crippen LogP contribution >= 0.6 is 0 Å². The van der Waals surface area contributed by atoms with Crippen LogP contribution in [0.15, 0.2) is 12.7 Å². The van der Waals surface area contributed by atoms with Gasteiger partial charge in [0, 0.05) is 0 Å². The van der Waals surface area contributed by atoms with Crippen molar-refractivity contribution in [2.24, 2.45) is 5.92 Å². The summed E-state index contributed by atoms with van der Waals surface area (Å²) in [5.74, 6) is 0.735. The summed E-state index contributed by atoms with van der Waals surface area (Å²) in [5.41, 5.74) is 0. The Bertz CT molecular complexity index is 74.1. The van der Waals surface area contributed by atoms with Gasteiger partial charge in [-0.05, 0) is 25.2 Å². The first-order chi connectivity index (χ1) is 4.85. The minimum absolute atomic E-state index is 0.735. The number of hydrogen-bond acceptors (Lipinski definition) is 0. The first-order valence-electron chi connectivity index (χ1n) is 4.04. The van der Waals surface area contributed by atoms with E-state index in [0.29, 0.717) is 0 Å². The van der Waals surface area contributed by atoms with Crippen molar-refractivity contribution in [3.05, 3.63) is 26.0 Å². The molecular weight excluding hydrogens is 120 g/mol. The summed E-state index contributed by atoms with van der Waals surface area (Å²) in [6.45, 7) is 9.66. The van der Waals surface area contributed by atoms with Crippen LogP contribution in [0.1, 0.15) is 32.6 Å². The summed E-state index contributed by atoms with van der Waals surface area (Å²) >= 11 is 0. The van der Waals surface area contributed by atoms with Gasteiger partial charge in [0.05, 0.1) is 0 Å². The maximum Gasteiger partial charge on any atom is -0.0322 e. The van der Waals surface area contributed by atoms with Gasteiger partial charge < -0.3 is 0 Å². The summed E-state index contributed by atoms with van der Waals surface area (Å²) in [6.07, 6.45) is 8.94. The Morgan fingerprint density at radius 1 is 1.50 bits per heavy atom. The topological polar surface area (TPSA) is 0 Å². The molecule has 0 aliphatic heterocycles. The lowest BCUT2D eigenvalue weighted by Gasteiger charge is -2.09. The highest BCUT2D eigenvalue weighted by atomic mass is 14.1. The monoisotopic (exact) mass is 138 g/mol. The summed E-state index contributed by atoms with van der Waals surface area (Å²) in [5, 5.41) is 0. The molecule has 0 aliphatic rings. The van der Waals surface area contributed by atoms with Crippen LogP contribution in [0.2, 0.25) is 0 Å². The fraction of sp³-hybridized carbons (Fsp3) is 0.600. The molecule has 0 aliphatic carbocycles. The van der Waals surface area contributed by atoms with E-state index in [0.717, 1.165) is 18.8 Å². The van der Waals surface area contributed by atoms with Gasteiger partial charge in [-0.25, -0.2) is 0 Å². The van der Waals surface area contributed by atoms with Gasteiger partial charge in [-0.1, -0.05) is 32.8 Å². The average Bonchev–Trinajstić information content (AvgIpc) is 1.98. The second-order valence-electron chi connectivity index (χ2n) is 2.61. The Hall–Kier alpha value is -0.260. The lowest BCUT2D eigenvalue weighted by atomic mass is 9.96. The zero-order chi connectivity index (χ0) is 7.82. The minimum atomic E-state index is 0.735. The molecule has 0 saturated heterocycles. The lowest BCUT2D eigenvalue weighted by Crippen LogP contribution is -1.96. The third kappa shape index (κ3) is 4.60. The van der Waals surface area contributed by atoms with Gasteiger partial charge in [0.1, 0.15) is 0 Å². The van der Waals surface area contributed by atoms with Crippen molar-refractivity contribution in [2.75, 3.05) is 0 Å². The SMILES string of the molecule is [CH2]CCCC([CH]C)CC=C. The molecule has 0 aromatic rings. The van der Waals surface area contributed by atoms with Gasteiger partial charge in [-0.2, -0.15) is 0 Å². The highest BCUT2D eigenvalue weighted by molar-refractivity contribution is 4.79. The first kappa shape index (κ1) is 9.74. The molecule has 0 heteroatoms. The summed E-state index contributed by atoms with van der Waals surface area (Å²) in [6, 6.07) is 0. The van der Waals surface area contributed by atoms with Crippen LogP contribution in [-0.2, 0) is 0 Å². The lowest BCUT2D eigenvalue weighted by molar-refractivity contribution is 0.538. The quantitative estimate of drug-likeness (QED) is 0.493. The Labute approximate surface area is 65.3 Å². The van der Waals surface area contributed by atoms with Gasteiger partial charge >= 0.3 is 0 Å². The van der Waals surface area contributed by atoms with Crippen LogP contribution in [0.25, 0.3) is 0 Å². The van der Waals surface area contributed by atoms with Crippen LogP contribution < -0.4 is 0 Å². The number of unbranched alkanes of at least 4 members (excludes halogenated alkanes) is 1. The highest BCUT2D eigenvalue weighted by Gasteiger charge is 2.01. The Morgan fingerprint density at radius 2 is 2.20 bits per heavy atom. The maximum absolute atomic E-state index is 3.81. The molecule has 0 aromatic heterocycles. The maximum atomic E-state index is 3.81. The molecule has 0 bridgehead atoms. The van der Waals surface area contributed by atoms with E-state index in [1.165, 1.54) is 12.8 Å². The standard InChI is InChI=1S/C10H18/c1-4-7-9-10(6-3)8-5-2/h5-6,10H,1-2,4,7-9H2,3H3. The summed E-state index contributed by atoms with van der Waals surface area (Å²) in [4.78, 5) is 0. The van der Waals surface area contributed by atoms with Gasteiger partial charge in [0.15, 0.2) is 0 Å². The van der Waals surface area contributed by atoms with Crippen LogP contribution in [0.5, 0.6) is 0 Å². The fourth-order valence-electron chi connectivity index (χ4n) is 1.04. The number of allylic oxidation sites excluding steroid dienone is 1. The average molecular weight is 138 g/mol. The van der Waals surface area contributed by atoms with Crippen LogP contribution in [-0.4, -0.2) is 0 Å². The van der Waals surface area contributed by atoms with E-state index in [-0.39, 0.29) is 0 Å². The second kappa shape index (κ2) is 6.85. The van der Waals surface area contributed by atoms with Gasteiger partial charge in [-0.15, -0.1) is 6.58 Å². The highest BCUT2D eigenvalue weighted by Crippen LogP contribution is 2.15. The number of rotatable bonds is 6. The van der Waals surface area contributed by atoms with Crippen molar-refractivity contribution in [3.63, 3.8) is 0 Å². The molecule has 1 unspecified atom stereocenters. The van der Waals surface area contributed by atoms with E-state index in [4.69, 9.17) is 0 Å². The fourth-order valence-corrected chi connectivity index (χ4v) is 1.04. The molecule has 0 aromatic carbocycles. The molecule has 0 fully saturated rings. The smallest absolute Gasteiger partial charge is 0.0322 e. The van der Waals surface area contributed by atoms with Gasteiger partial charge in [0.25, 0.3) is 0 Å². The molecule has 0 heterocycles. The molecule has 2 radical (unpaired) electrons. The second-order valence-corrected chi connectivity index (χ2v) is 2.61. The number of hydrogen-bond donors (Lipinski definition) is 0. The van der Waals surface area contributed by atoms with Crippen molar-refractivity contribution in [3.8, 4) is 0 Å². The van der Waals surface area contributed by atoms with E-state index < -0.39 is 0 Å². The molecular formula is C10H18. The largest absolute Gasteiger partial charge is 0.103 e. The third-order valence-electron chi connectivity index (χ3n) is 1.77. The van der Waals surface area contributed by atoms with Crippen LogP contribution in [0, 0.1) is 19.3 Å². The summed E-state index contributed by atoms with van der Waals surface area (Å²) < 4.78 is 0. The van der Waals surface area contributed by atoms with E-state index in [9.17, 15) is 0 Å². The van der Waals surface area contributed by atoms with E-state index in [2.05, 4.69) is 26.8 Å². The third-order valence-corrected chi connectivity index (χ3v) is 1.77. The Kier molecular flexibility index (Phi) is 6.68. The Balaban J connectivity index is 3.29. The summed E-state index contributed by atoms with van der Waals surface area (Å²) in [7, 11) is 0. The van der Waals surface area contributed by atoms with Crippen LogP contribution in [0.3, 0.4) is 0 Å². The van der Waals surface area contributed by atoms with Crippen LogP contribution in [0.4, 0.5) is 0 Å². The minimum Gasteiger partial charge on any atom is -0.103 e. The molecule has 0 spiro atoms. The van der Waals surface area contributed by atoms with Crippen molar-refractivity contribution in [1.82, 2.24) is 0 Å². The van der Waals surface area contributed by atoms with E-state index in [1.807, 2.05) is 6.08 Å². The molecule has 0 saturated carbocycles. The van der Waals surface area contributed by atoms with Crippen molar-refractivity contribution in [1.29, 1.82) is 0 Å². The molecule has 10 heavy (non-hydrogen) atoms. The first-order valence-corrected chi connectivity index (χ1v) is 4.04. The zero-order valence-corrected chi connectivity index (χ0v) is 6.97. The van der Waals surface area contributed by atoms with Crippen molar-refractivity contribution >= 4 is 0 Å². The van der Waals surface area contributed by atoms with Crippen molar-refractivity contribution in [2.45, 2.75) is 32.6 Å². The Morgan fingerprint density at radius 3 is 2.60 bits per heavy atom.